The number of carbonyl (C=O) groups is 1. The average Bonchev–Trinajstić information content (AvgIpc) is 2.99. The zero-order valence-electron chi connectivity index (χ0n) is 14.0. The van der Waals surface area contributed by atoms with Gasteiger partial charge in [-0.05, 0) is 18.6 Å². The SMILES string of the molecule is COCCc1cnc2n1CCN(C(=O)Cc1ccccc1F)[C@H]2C. The number of carbonyl (C=O) groups excluding carboxylic acids is 1. The summed E-state index contributed by atoms with van der Waals surface area (Å²) >= 11 is 0. The van der Waals surface area contributed by atoms with Crippen molar-refractivity contribution in [2.45, 2.75) is 32.4 Å². The molecule has 0 fully saturated rings. The Labute approximate surface area is 141 Å². The molecule has 0 radical (unpaired) electrons. The molecule has 1 aromatic heterocycles. The summed E-state index contributed by atoms with van der Waals surface area (Å²) in [5, 5.41) is 0. The average molecular weight is 331 g/mol. The van der Waals surface area contributed by atoms with Crippen LogP contribution in [0.3, 0.4) is 0 Å². The Morgan fingerprint density at radius 2 is 2.17 bits per heavy atom. The van der Waals surface area contributed by atoms with Gasteiger partial charge in [0.2, 0.25) is 5.91 Å². The van der Waals surface area contributed by atoms with Crippen LogP contribution in [0.4, 0.5) is 4.39 Å². The lowest BCUT2D eigenvalue weighted by molar-refractivity contribution is -0.133. The Hall–Kier alpha value is -2.21. The van der Waals surface area contributed by atoms with E-state index in [0.29, 0.717) is 25.3 Å². The number of nitrogens with zero attached hydrogens (tertiary/aromatic N) is 3. The Morgan fingerprint density at radius 1 is 1.38 bits per heavy atom. The molecule has 0 spiro atoms. The number of fused-ring (bicyclic) bond motifs is 1. The molecule has 0 unspecified atom stereocenters. The fourth-order valence-electron chi connectivity index (χ4n) is 3.21. The fraction of sp³-hybridized carbons (Fsp3) is 0.444. The number of methoxy groups -OCH3 is 1. The van der Waals surface area contributed by atoms with Gasteiger partial charge in [-0.25, -0.2) is 9.37 Å². The number of imidazole rings is 1. The van der Waals surface area contributed by atoms with Crippen molar-refractivity contribution in [2.75, 3.05) is 20.3 Å². The third kappa shape index (κ3) is 3.19. The van der Waals surface area contributed by atoms with Crippen molar-refractivity contribution < 1.29 is 13.9 Å². The third-order valence-electron chi connectivity index (χ3n) is 4.56. The summed E-state index contributed by atoms with van der Waals surface area (Å²) in [6.07, 6.45) is 2.74. The monoisotopic (exact) mass is 331 g/mol. The Bertz CT molecular complexity index is 729. The number of hydrogen-bond donors (Lipinski definition) is 0. The molecule has 0 aliphatic carbocycles. The van der Waals surface area contributed by atoms with Gasteiger partial charge in [0.25, 0.3) is 0 Å². The quantitative estimate of drug-likeness (QED) is 0.845. The van der Waals surface area contributed by atoms with E-state index in [-0.39, 0.29) is 24.2 Å². The van der Waals surface area contributed by atoms with Gasteiger partial charge < -0.3 is 14.2 Å². The topological polar surface area (TPSA) is 47.4 Å². The first kappa shape index (κ1) is 16.6. The Balaban J connectivity index is 1.74. The van der Waals surface area contributed by atoms with Crippen LogP contribution < -0.4 is 0 Å². The molecule has 0 N–H and O–H groups in total. The number of hydrogen-bond acceptors (Lipinski definition) is 3. The van der Waals surface area contributed by atoms with E-state index < -0.39 is 0 Å². The maximum Gasteiger partial charge on any atom is 0.227 e. The van der Waals surface area contributed by atoms with Crippen molar-refractivity contribution in [2.24, 2.45) is 0 Å². The molecular weight excluding hydrogens is 309 g/mol. The van der Waals surface area contributed by atoms with Gasteiger partial charge in [-0.2, -0.15) is 0 Å². The molecular formula is C18H22FN3O2. The van der Waals surface area contributed by atoms with Gasteiger partial charge in [-0.1, -0.05) is 18.2 Å². The van der Waals surface area contributed by atoms with Crippen molar-refractivity contribution >= 4 is 5.91 Å². The molecule has 6 heteroatoms. The number of ether oxygens (including phenoxy) is 1. The van der Waals surface area contributed by atoms with E-state index in [1.807, 2.05) is 13.1 Å². The van der Waals surface area contributed by atoms with E-state index in [1.165, 1.54) is 6.07 Å². The maximum atomic E-state index is 13.8. The Morgan fingerprint density at radius 3 is 2.92 bits per heavy atom. The molecule has 2 heterocycles. The van der Waals surface area contributed by atoms with Gasteiger partial charge in [-0.15, -0.1) is 0 Å². The minimum Gasteiger partial charge on any atom is -0.384 e. The molecule has 24 heavy (non-hydrogen) atoms. The van der Waals surface area contributed by atoms with Crippen LogP contribution in [0.25, 0.3) is 0 Å². The molecule has 0 saturated heterocycles. The van der Waals surface area contributed by atoms with Crippen LogP contribution in [0.1, 0.15) is 30.0 Å². The van der Waals surface area contributed by atoms with Crippen molar-refractivity contribution in [3.8, 4) is 0 Å². The first-order valence-corrected chi connectivity index (χ1v) is 8.18. The van der Waals surface area contributed by atoms with Gasteiger partial charge in [-0.3, -0.25) is 4.79 Å². The summed E-state index contributed by atoms with van der Waals surface area (Å²) in [7, 11) is 1.68. The second kappa shape index (κ2) is 7.13. The van der Waals surface area contributed by atoms with Crippen LogP contribution in [0, 0.1) is 5.82 Å². The highest BCUT2D eigenvalue weighted by atomic mass is 19.1. The summed E-state index contributed by atoms with van der Waals surface area (Å²) < 4.78 is 21.1. The fourth-order valence-corrected chi connectivity index (χ4v) is 3.21. The molecule has 1 amide bonds. The van der Waals surface area contributed by atoms with Crippen LogP contribution >= 0.6 is 0 Å². The molecule has 1 aliphatic heterocycles. The first-order chi connectivity index (χ1) is 11.6. The van der Waals surface area contributed by atoms with E-state index in [4.69, 9.17) is 4.74 Å². The molecule has 5 nitrogen and oxygen atoms in total. The highest BCUT2D eigenvalue weighted by Crippen LogP contribution is 2.26. The zero-order valence-corrected chi connectivity index (χ0v) is 14.0. The maximum absolute atomic E-state index is 13.8. The van der Waals surface area contributed by atoms with Crippen LogP contribution in [0.2, 0.25) is 0 Å². The minimum atomic E-state index is -0.334. The van der Waals surface area contributed by atoms with Crippen LogP contribution in [-0.2, 0) is 28.9 Å². The van der Waals surface area contributed by atoms with E-state index in [0.717, 1.165) is 17.9 Å². The predicted octanol–water partition coefficient (Wildman–Crippen LogP) is 2.36. The van der Waals surface area contributed by atoms with Gasteiger partial charge in [0.05, 0.1) is 19.1 Å². The lowest BCUT2D eigenvalue weighted by Crippen LogP contribution is -2.42. The summed E-state index contributed by atoms with van der Waals surface area (Å²) in [5.74, 6) is 0.480. The molecule has 2 aromatic rings. The molecule has 128 valence electrons. The minimum absolute atomic E-state index is 0.0692. The summed E-state index contributed by atoms with van der Waals surface area (Å²) in [6, 6.07) is 6.31. The second-order valence-electron chi connectivity index (χ2n) is 6.03. The largest absolute Gasteiger partial charge is 0.384 e. The molecule has 1 atom stereocenters. The zero-order chi connectivity index (χ0) is 17.1. The van der Waals surface area contributed by atoms with Gasteiger partial charge in [0.15, 0.2) is 0 Å². The van der Waals surface area contributed by atoms with Crippen molar-refractivity contribution in [3.05, 3.63) is 53.4 Å². The van der Waals surface area contributed by atoms with Gasteiger partial charge >= 0.3 is 0 Å². The number of amides is 1. The summed E-state index contributed by atoms with van der Waals surface area (Å²) in [6.45, 7) is 3.94. The number of rotatable bonds is 5. The van der Waals surface area contributed by atoms with Crippen molar-refractivity contribution in [3.63, 3.8) is 0 Å². The van der Waals surface area contributed by atoms with E-state index >= 15 is 0 Å². The number of aromatic nitrogens is 2. The Kier molecular flexibility index (Phi) is 4.94. The predicted molar refractivity (Wildman–Crippen MR) is 88.0 cm³/mol. The third-order valence-corrected chi connectivity index (χ3v) is 4.56. The van der Waals surface area contributed by atoms with Crippen molar-refractivity contribution in [1.82, 2.24) is 14.5 Å². The molecule has 3 rings (SSSR count). The highest BCUT2D eigenvalue weighted by molar-refractivity contribution is 5.79. The molecule has 0 bridgehead atoms. The van der Waals surface area contributed by atoms with Crippen molar-refractivity contribution in [1.29, 1.82) is 0 Å². The summed E-state index contributed by atoms with van der Waals surface area (Å²) in [4.78, 5) is 18.9. The number of benzene rings is 1. The lowest BCUT2D eigenvalue weighted by Gasteiger charge is -2.34. The molecule has 1 aromatic carbocycles. The first-order valence-electron chi connectivity index (χ1n) is 8.18. The standard InChI is InChI=1S/C18H22FN3O2/c1-13-18-20-12-15(7-10-24-2)22(18)9-8-21(13)17(23)11-14-5-3-4-6-16(14)19/h3-6,12-13H,7-11H2,1-2H3/t13-/m0/s1. The normalized spacial score (nSPS) is 17.0. The van der Waals surface area contributed by atoms with Gasteiger partial charge in [0.1, 0.15) is 11.6 Å². The lowest BCUT2D eigenvalue weighted by atomic mass is 10.1. The smallest absolute Gasteiger partial charge is 0.227 e. The van der Waals surface area contributed by atoms with Gasteiger partial charge in [0, 0.05) is 38.5 Å². The highest BCUT2D eigenvalue weighted by Gasteiger charge is 2.30. The van der Waals surface area contributed by atoms with Crippen LogP contribution in [0.5, 0.6) is 0 Å². The van der Waals surface area contributed by atoms with Crippen LogP contribution in [-0.4, -0.2) is 40.6 Å². The van der Waals surface area contributed by atoms with E-state index in [2.05, 4.69) is 9.55 Å². The number of halogens is 1. The van der Waals surface area contributed by atoms with E-state index in [1.54, 1.807) is 30.2 Å². The summed E-state index contributed by atoms with van der Waals surface area (Å²) in [5.41, 5.74) is 1.56. The molecule has 1 aliphatic rings. The molecule has 0 saturated carbocycles. The van der Waals surface area contributed by atoms with E-state index in [9.17, 15) is 9.18 Å². The van der Waals surface area contributed by atoms with Crippen LogP contribution in [0.15, 0.2) is 30.5 Å². The second-order valence-corrected chi connectivity index (χ2v) is 6.03.